The predicted molar refractivity (Wildman–Crippen MR) is 128 cm³/mol. The van der Waals surface area contributed by atoms with Crippen LogP contribution in [0.15, 0.2) is 71.1 Å². The molecular formula is C25H25N3O3S. The number of nitrogens with zero attached hydrogens (tertiary/aromatic N) is 2. The monoisotopic (exact) mass is 447 g/mol. The number of thiophene rings is 1. The van der Waals surface area contributed by atoms with Crippen LogP contribution in [-0.4, -0.2) is 28.6 Å². The van der Waals surface area contributed by atoms with Gasteiger partial charge in [0.25, 0.3) is 5.56 Å². The summed E-state index contributed by atoms with van der Waals surface area (Å²) in [5.74, 6) is -0.219. The Morgan fingerprint density at radius 3 is 2.69 bits per heavy atom. The minimum absolute atomic E-state index is 0.0597. The van der Waals surface area contributed by atoms with Crippen molar-refractivity contribution in [2.24, 2.45) is 0 Å². The van der Waals surface area contributed by atoms with Crippen LogP contribution >= 0.6 is 11.3 Å². The third kappa shape index (κ3) is 5.30. The zero-order valence-corrected chi connectivity index (χ0v) is 18.7. The lowest BCUT2D eigenvalue weighted by Crippen LogP contribution is -2.33. The second-order valence-electron chi connectivity index (χ2n) is 7.61. The van der Waals surface area contributed by atoms with Crippen LogP contribution in [0.25, 0.3) is 21.3 Å². The van der Waals surface area contributed by atoms with Crippen molar-refractivity contribution in [2.75, 3.05) is 13.2 Å². The lowest BCUT2D eigenvalue weighted by molar-refractivity contribution is -0.121. The summed E-state index contributed by atoms with van der Waals surface area (Å²) in [4.78, 5) is 30.5. The molecule has 0 unspecified atom stereocenters. The second kappa shape index (κ2) is 10.3. The van der Waals surface area contributed by atoms with Gasteiger partial charge in [-0.05, 0) is 24.5 Å². The van der Waals surface area contributed by atoms with Crippen LogP contribution in [0.1, 0.15) is 17.5 Å². The van der Waals surface area contributed by atoms with Crippen LogP contribution in [0.5, 0.6) is 0 Å². The van der Waals surface area contributed by atoms with Crippen LogP contribution in [0.4, 0.5) is 0 Å². The van der Waals surface area contributed by atoms with E-state index in [1.165, 1.54) is 22.2 Å². The summed E-state index contributed by atoms with van der Waals surface area (Å²) in [6.07, 6.45) is 2.15. The molecule has 0 aliphatic heterocycles. The molecule has 2 aromatic carbocycles. The standard InChI is InChI=1S/C25H25N3O3S/c1-18-8-10-20(11-9-18)21-16-32-24-23(21)25(30)28(17-27-24)14-22(29)26-12-5-13-31-15-19-6-3-2-4-7-19/h2-4,6-11,16-17H,5,12-15H2,1H3,(H,26,29). The second-order valence-corrected chi connectivity index (χ2v) is 8.47. The van der Waals surface area contributed by atoms with Crippen molar-refractivity contribution in [3.63, 3.8) is 0 Å². The van der Waals surface area contributed by atoms with Crippen LogP contribution in [0.2, 0.25) is 0 Å². The van der Waals surface area contributed by atoms with Gasteiger partial charge < -0.3 is 10.1 Å². The molecule has 32 heavy (non-hydrogen) atoms. The maximum atomic E-state index is 13.1. The van der Waals surface area contributed by atoms with Crippen molar-refractivity contribution in [1.82, 2.24) is 14.9 Å². The topological polar surface area (TPSA) is 73.2 Å². The third-order valence-electron chi connectivity index (χ3n) is 5.14. The van der Waals surface area contributed by atoms with Gasteiger partial charge in [0, 0.05) is 24.1 Å². The Labute approximate surface area is 190 Å². The summed E-state index contributed by atoms with van der Waals surface area (Å²) in [6, 6.07) is 18.0. The highest BCUT2D eigenvalue weighted by molar-refractivity contribution is 7.17. The maximum absolute atomic E-state index is 13.1. The van der Waals surface area contributed by atoms with E-state index >= 15 is 0 Å². The third-order valence-corrected chi connectivity index (χ3v) is 6.02. The molecule has 1 amide bonds. The van der Waals surface area contributed by atoms with Crippen LogP contribution < -0.4 is 10.9 Å². The van der Waals surface area contributed by atoms with E-state index in [-0.39, 0.29) is 18.0 Å². The van der Waals surface area contributed by atoms with Crippen molar-refractivity contribution < 1.29 is 9.53 Å². The van der Waals surface area contributed by atoms with Gasteiger partial charge in [-0.3, -0.25) is 14.2 Å². The van der Waals surface area contributed by atoms with Crippen molar-refractivity contribution >= 4 is 27.5 Å². The van der Waals surface area contributed by atoms with Crippen LogP contribution in [0, 0.1) is 6.92 Å². The maximum Gasteiger partial charge on any atom is 0.263 e. The first-order valence-corrected chi connectivity index (χ1v) is 11.4. The average Bonchev–Trinajstić information content (AvgIpc) is 3.24. The molecule has 7 heteroatoms. The molecule has 0 bridgehead atoms. The number of carbonyl (C=O) groups excluding carboxylic acids is 1. The molecule has 0 aliphatic carbocycles. The lowest BCUT2D eigenvalue weighted by atomic mass is 10.1. The van der Waals surface area contributed by atoms with Gasteiger partial charge in [0.05, 0.1) is 18.3 Å². The van der Waals surface area contributed by atoms with E-state index in [4.69, 9.17) is 4.74 Å². The molecule has 1 N–H and O–H groups in total. The fraction of sp³-hybridized carbons (Fsp3) is 0.240. The van der Waals surface area contributed by atoms with E-state index in [9.17, 15) is 9.59 Å². The average molecular weight is 448 g/mol. The summed E-state index contributed by atoms with van der Waals surface area (Å²) in [5, 5.41) is 5.35. The number of hydrogen-bond donors (Lipinski definition) is 1. The number of nitrogens with one attached hydrogen (secondary N) is 1. The van der Waals surface area contributed by atoms with Gasteiger partial charge in [-0.2, -0.15) is 0 Å². The first-order valence-electron chi connectivity index (χ1n) is 10.5. The zero-order valence-electron chi connectivity index (χ0n) is 17.9. The van der Waals surface area contributed by atoms with Gasteiger partial charge in [0.2, 0.25) is 5.91 Å². The first-order chi connectivity index (χ1) is 15.6. The highest BCUT2D eigenvalue weighted by Crippen LogP contribution is 2.30. The van der Waals surface area contributed by atoms with Gasteiger partial charge in [-0.25, -0.2) is 4.98 Å². The molecule has 0 fully saturated rings. The van der Waals surface area contributed by atoms with Gasteiger partial charge in [0.15, 0.2) is 0 Å². The quantitative estimate of drug-likeness (QED) is 0.391. The van der Waals surface area contributed by atoms with E-state index in [1.807, 2.05) is 66.9 Å². The summed E-state index contributed by atoms with van der Waals surface area (Å²) in [5.41, 5.74) is 3.91. The zero-order chi connectivity index (χ0) is 22.3. The number of aryl methyl sites for hydroxylation is 1. The number of benzene rings is 2. The predicted octanol–water partition coefficient (Wildman–Crippen LogP) is 4.16. The van der Waals surface area contributed by atoms with E-state index in [2.05, 4.69) is 10.3 Å². The molecule has 164 valence electrons. The number of hydrogen-bond acceptors (Lipinski definition) is 5. The molecule has 0 radical (unpaired) electrons. The molecule has 2 aromatic heterocycles. The fourth-order valence-corrected chi connectivity index (χ4v) is 4.31. The lowest BCUT2D eigenvalue weighted by Gasteiger charge is -2.08. The molecule has 0 saturated carbocycles. The largest absolute Gasteiger partial charge is 0.377 e. The number of carbonyl (C=O) groups is 1. The van der Waals surface area contributed by atoms with Crippen LogP contribution in [-0.2, 0) is 22.7 Å². The number of ether oxygens (including phenoxy) is 1. The molecule has 0 spiro atoms. The Balaban J connectivity index is 1.33. The van der Waals surface area contributed by atoms with Crippen molar-refractivity contribution in [2.45, 2.75) is 26.5 Å². The Morgan fingerprint density at radius 2 is 1.91 bits per heavy atom. The fourth-order valence-electron chi connectivity index (χ4n) is 3.40. The minimum Gasteiger partial charge on any atom is -0.377 e. The SMILES string of the molecule is Cc1ccc(-c2csc3ncn(CC(=O)NCCCOCc4ccccc4)c(=O)c23)cc1. The normalized spacial score (nSPS) is 11.0. The minimum atomic E-state index is -0.219. The Morgan fingerprint density at radius 1 is 1.12 bits per heavy atom. The van der Waals surface area contributed by atoms with Crippen molar-refractivity contribution in [1.29, 1.82) is 0 Å². The van der Waals surface area contributed by atoms with Gasteiger partial charge in [-0.15, -0.1) is 11.3 Å². The summed E-state index contributed by atoms with van der Waals surface area (Å²) < 4.78 is 6.99. The van der Waals surface area contributed by atoms with Crippen molar-refractivity contribution in [3.8, 4) is 11.1 Å². The van der Waals surface area contributed by atoms with E-state index < -0.39 is 0 Å². The Bertz CT molecular complexity index is 1250. The molecule has 2 heterocycles. The summed E-state index contributed by atoms with van der Waals surface area (Å²) in [6.45, 7) is 3.57. The molecule has 0 saturated heterocycles. The van der Waals surface area contributed by atoms with Gasteiger partial charge in [0.1, 0.15) is 11.4 Å². The molecule has 0 aliphatic rings. The summed E-state index contributed by atoms with van der Waals surface area (Å²) >= 11 is 1.44. The van der Waals surface area contributed by atoms with E-state index in [0.717, 1.165) is 22.3 Å². The van der Waals surface area contributed by atoms with E-state index in [1.54, 1.807) is 0 Å². The number of amides is 1. The highest BCUT2D eigenvalue weighted by Gasteiger charge is 2.14. The molecule has 0 atom stereocenters. The van der Waals surface area contributed by atoms with E-state index in [0.29, 0.717) is 36.4 Å². The molecule has 4 aromatic rings. The first kappa shape index (κ1) is 21.9. The Hall–Kier alpha value is -3.29. The van der Waals surface area contributed by atoms with Crippen molar-refractivity contribution in [3.05, 3.63) is 87.8 Å². The highest BCUT2D eigenvalue weighted by atomic mass is 32.1. The molecule has 6 nitrogen and oxygen atoms in total. The van der Waals surface area contributed by atoms with Gasteiger partial charge >= 0.3 is 0 Å². The summed E-state index contributed by atoms with van der Waals surface area (Å²) in [7, 11) is 0. The Kier molecular flexibility index (Phi) is 7.09. The number of aromatic nitrogens is 2. The smallest absolute Gasteiger partial charge is 0.263 e. The number of rotatable bonds is 9. The van der Waals surface area contributed by atoms with Crippen LogP contribution in [0.3, 0.4) is 0 Å². The number of fused-ring (bicyclic) bond motifs is 1. The van der Waals surface area contributed by atoms with Gasteiger partial charge in [-0.1, -0.05) is 60.2 Å². The molecular weight excluding hydrogens is 422 g/mol. The molecule has 4 rings (SSSR count).